The largest absolute Gasteiger partial charge is 0.467 e. The molecule has 1 N–H and O–H groups in total. The molecular weight excluding hydrogens is 242 g/mol. The molecule has 0 unspecified atom stereocenters. The number of halogens is 1. The van der Waals surface area contributed by atoms with E-state index in [9.17, 15) is 5.11 Å². The predicted octanol–water partition coefficient (Wildman–Crippen LogP) is 1.49. The number of aromatic nitrogens is 2. The highest BCUT2D eigenvalue weighted by Gasteiger charge is 2.41. The number of anilines is 1. The summed E-state index contributed by atoms with van der Waals surface area (Å²) >= 11 is 6.03. The summed E-state index contributed by atoms with van der Waals surface area (Å²) < 4.78 is 4.96. The molecule has 0 saturated carbocycles. The van der Waals surface area contributed by atoms with Gasteiger partial charge in [-0.05, 0) is 6.42 Å². The Bertz CT molecular complexity index is 408. The number of rotatable bonds is 4. The molecule has 2 heterocycles. The molecule has 0 amide bonds. The first-order valence-corrected chi connectivity index (χ1v) is 5.99. The molecule has 1 aromatic heterocycles. The van der Waals surface area contributed by atoms with Crippen molar-refractivity contribution in [2.45, 2.75) is 25.4 Å². The number of ether oxygens (including phenoxy) is 1. The molecule has 1 saturated heterocycles. The maximum Gasteiger partial charge on any atom is 0.318 e. The van der Waals surface area contributed by atoms with Gasteiger partial charge in [0.05, 0.1) is 32.0 Å². The van der Waals surface area contributed by atoms with E-state index in [1.165, 1.54) is 13.3 Å². The summed E-state index contributed by atoms with van der Waals surface area (Å²) in [7, 11) is 1.51. The van der Waals surface area contributed by atoms with Gasteiger partial charge in [0.2, 0.25) is 0 Å². The lowest BCUT2D eigenvalue weighted by molar-refractivity contribution is 0.00288. The Morgan fingerprint density at radius 3 is 2.88 bits per heavy atom. The van der Waals surface area contributed by atoms with Crippen LogP contribution < -0.4 is 9.64 Å². The topological polar surface area (TPSA) is 58.5 Å². The SMILES string of the molecule is CCCC1(O)CN(c2nc(OC)ncc2Cl)C1. The molecule has 0 atom stereocenters. The third-order valence-corrected chi connectivity index (χ3v) is 3.14. The van der Waals surface area contributed by atoms with Gasteiger partial charge in [0.1, 0.15) is 5.02 Å². The molecule has 94 valence electrons. The van der Waals surface area contributed by atoms with E-state index in [0.717, 1.165) is 12.8 Å². The second-order valence-electron chi connectivity index (χ2n) is 4.36. The van der Waals surface area contributed by atoms with Gasteiger partial charge in [-0.3, -0.25) is 0 Å². The molecule has 0 bridgehead atoms. The zero-order valence-electron chi connectivity index (χ0n) is 9.98. The van der Waals surface area contributed by atoms with Gasteiger partial charge >= 0.3 is 6.01 Å². The summed E-state index contributed by atoms with van der Waals surface area (Å²) in [6.45, 7) is 3.17. The predicted molar refractivity (Wildman–Crippen MR) is 65.7 cm³/mol. The van der Waals surface area contributed by atoms with Crippen LogP contribution in [-0.2, 0) is 0 Å². The van der Waals surface area contributed by atoms with E-state index < -0.39 is 5.60 Å². The summed E-state index contributed by atoms with van der Waals surface area (Å²) in [5.41, 5.74) is -0.601. The van der Waals surface area contributed by atoms with E-state index in [4.69, 9.17) is 16.3 Å². The molecule has 1 fully saturated rings. The number of hydrogen-bond donors (Lipinski definition) is 1. The first-order chi connectivity index (χ1) is 8.08. The van der Waals surface area contributed by atoms with Crippen LogP contribution in [0.4, 0.5) is 5.82 Å². The van der Waals surface area contributed by atoms with Crippen LogP contribution in [0, 0.1) is 0 Å². The van der Waals surface area contributed by atoms with Crippen molar-refractivity contribution in [2.24, 2.45) is 0 Å². The summed E-state index contributed by atoms with van der Waals surface area (Å²) in [6, 6.07) is 0.287. The Balaban J connectivity index is 2.10. The molecule has 0 spiro atoms. The van der Waals surface area contributed by atoms with Crippen LogP contribution in [0.1, 0.15) is 19.8 Å². The molecule has 2 rings (SSSR count). The average molecular weight is 258 g/mol. The van der Waals surface area contributed by atoms with Gasteiger partial charge in [-0.25, -0.2) is 4.98 Å². The van der Waals surface area contributed by atoms with E-state index >= 15 is 0 Å². The number of nitrogens with zero attached hydrogens (tertiary/aromatic N) is 3. The molecule has 17 heavy (non-hydrogen) atoms. The summed E-state index contributed by atoms with van der Waals surface area (Å²) in [5, 5.41) is 10.6. The fraction of sp³-hybridized carbons (Fsp3) is 0.636. The van der Waals surface area contributed by atoms with Gasteiger partial charge in [0.15, 0.2) is 5.82 Å². The van der Waals surface area contributed by atoms with Crippen molar-refractivity contribution in [2.75, 3.05) is 25.1 Å². The smallest absolute Gasteiger partial charge is 0.318 e. The maximum absolute atomic E-state index is 10.1. The third kappa shape index (κ3) is 2.45. The van der Waals surface area contributed by atoms with Crippen molar-refractivity contribution in [1.82, 2.24) is 9.97 Å². The molecule has 0 aliphatic carbocycles. The lowest BCUT2D eigenvalue weighted by Crippen LogP contribution is -2.62. The normalized spacial score (nSPS) is 17.8. The molecule has 0 radical (unpaired) electrons. The van der Waals surface area contributed by atoms with Gasteiger partial charge in [0, 0.05) is 0 Å². The Morgan fingerprint density at radius 2 is 2.29 bits per heavy atom. The highest BCUT2D eigenvalue weighted by atomic mass is 35.5. The lowest BCUT2D eigenvalue weighted by Gasteiger charge is -2.47. The molecule has 0 aromatic carbocycles. The lowest BCUT2D eigenvalue weighted by atomic mass is 9.89. The van der Waals surface area contributed by atoms with Crippen LogP contribution >= 0.6 is 11.6 Å². The minimum Gasteiger partial charge on any atom is -0.467 e. The van der Waals surface area contributed by atoms with Crippen LogP contribution in [0.15, 0.2) is 6.20 Å². The van der Waals surface area contributed by atoms with Crippen LogP contribution in [0.25, 0.3) is 0 Å². The van der Waals surface area contributed by atoms with Crippen molar-refractivity contribution >= 4 is 17.4 Å². The second-order valence-corrected chi connectivity index (χ2v) is 4.77. The number of aliphatic hydroxyl groups is 1. The fourth-order valence-electron chi connectivity index (χ4n) is 2.10. The van der Waals surface area contributed by atoms with Crippen molar-refractivity contribution in [3.05, 3.63) is 11.2 Å². The van der Waals surface area contributed by atoms with Crippen LogP contribution in [0.2, 0.25) is 5.02 Å². The van der Waals surface area contributed by atoms with Gasteiger partial charge in [-0.2, -0.15) is 4.98 Å². The standard InChI is InChI=1S/C11H16ClN3O2/c1-3-4-11(16)6-15(7-11)9-8(12)5-13-10(14-9)17-2/h5,16H,3-4,6-7H2,1-2H3. The Morgan fingerprint density at radius 1 is 1.59 bits per heavy atom. The van der Waals surface area contributed by atoms with Crippen molar-refractivity contribution in [3.8, 4) is 6.01 Å². The van der Waals surface area contributed by atoms with E-state index in [2.05, 4.69) is 16.9 Å². The van der Waals surface area contributed by atoms with Gasteiger partial charge in [-0.15, -0.1) is 0 Å². The molecule has 1 aromatic rings. The third-order valence-electron chi connectivity index (χ3n) is 2.87. The average Bonchev–Trinajstić information content (AvgIpc) is 2.27. The van der Waals surface area contributed by atoms with Crippen LogP contribution in [0.5, 0.6) is 6.01 Å². The Kier molecular flexibility index (Phi) is 3.40. The summed E-state index contributed by atoms with van der Waals surface area (Å²) in [5.74, 6) is 0.624. The summed E-state index contributed by atoms with van der Waals surface area (Å²) in [4.78, 5) is 10.0. The van der Waals surface area contributed by atoms with Crippen LogP contribution in [-0.4, -0.2) is 40.9 Å². The summed E-state index contributed by atoms with van der Waals surface area (Å²) in [6.07, 6.45) is 3.27. The van der Waals surface area contributed by atoms with E-state index in [1.54, 1.807) is 0 Å². The minimum absolute atomic E-state index is 0.287. The molecule has 1 aliphatic heterocycles. The Labute approximate surface area is 105 Å². The molecule has 5 nitrogen and oxygen atoms in total. The second kappa shape index (κ2) is 4.66. The monoisotopic (exact) mass is 257 g/mol. The first kappa shape index (κ1) is 12.4. The van der Waals surface area contributed by atoms with Crippen molar-refractivity contribution in [3.63, 3.8) is 0 Å². The van der Waals surface area contributed by atoms with E-state index in [0.29, 0.717) is 23.9 Å². The zero-order chi connectivity index (χ0) is 12.5. The molecular formula is C11H16ClN3O2. The molecule has 1 aliphatic rings. The van der Waals surface area contributed by atoms with Crippen molar-refractivity contribution < 1.29 is 9.84 Å². The quantitative estimate of drug-likeness (QED) is 0.886. The number of methoxy groups -OCH3 is 1. The van der Waals surface area contributed by atoms with Crippen molar-refractivity contribution in [1.29, 1.82) is 0 Å². The zero-order valence-corrected chi connectivity index (χ0v) is 10.7. The van der Waals surface area contributed by atoms with Gasteiger partial charge in [-0.1, -0.05) is 24.9 Å². The Hall–Kier alpha value is -1.07. The highest BCUT2D eigenvalue weighted by molar-refractivity contribution is 6.32. The fourth-order valence-corrected chi connectivity index (χ4v) is 2.31. The van der Waals surface area contributed by atoms with Gasteiger partial charge in [0.25, 0.3) is 0 Å². The first-order valence-electron chi connectivity index (χ1n) is 5.62. The van der Waals surface area contributed by atoms with Gasteiger partial charge < -0.3 is 14.7 Å². The van der Waals surface area contributed by atoms with E-state index in [-0.39, 0.29) is 6.01 Å². The number of hydrogen-bond acceptors (Lipinski definition) is 5. The van der Waals surface area contributed by atoms with E-state index in [1.807, 2.05) is 4.90 Å². The maximum atomic E-state index is 10.1. The highest BCUT2D eigenvalue weighted by Crippen LogP contribution is 2.34. The van der Waals surface area contributed by atoms with Crippen LogP contribution in [0.3, 0.4) is 0 Å². The number of β-amino-alcohol motifs (C(OH)–C–C–N with tert-alkyl or cyclic N) is 1. The minimum atomic E-state index is -0.601. The molecule has 6 heteroatoms.